The summed E-state index contributed by atoms with van der Waals surface area (Å²) in [5.74, 6) is 0. The molecule has 156 valence electrons. The van der Waals surface area contributed by atoms with E-state index in [4.69, 9.17) is 13.9 Å². The molecule has 3 nitrogen and oxygen atoms in total. The predicted molar refractivity (Wildman–Crippen MR) is 90.8 cm³/mol. The van der Waals surface area contributed by atoms with E-state index in [1.54, 1.807) is 27.7 Å². The smallest absolute Gasteiger partial charge is 0.379 e. The van der Waals surface area contributed by atoms with Gasteiger partial charge in [0.1, 0.15) is 0 Å². The molecule has 0 aliphatic heterocycles. The Morgan fingerprint density at radius 1 is 0.815 bits per heavy atom. The Hall–Kier alpha value is -1.10. The fraction of sp³-hybridized carbons (Fsp3) is 0.647. The van der Waals surface area contributed by atoms with E-state index in [1.165, 1.54) is 0 Å². The fourth-order valence-electron chi connectivity index (χ4n) is 2.17. The molecule has 10 heteroatoms. The third-order valence-corrected chi connectivity index (χ3v) is 4.43. The molecule has 0 unspecified atom stereocenters. The van der Waals surface area contributed by atoms with E-state index in [-0.39, 0.29) is 30.3 Å². The Kier molecular flexibility index (Phi) is 8.78. The molecule has 0 N–H and O–H groups in total. The van der Waals surface area contributed by atoms with Gasteiger partial charge in [-0.05, 0) is 63.9 Å². The largest absolute Gasteiger partial charge is 0.416 e. The predicted octanol–water partition coefficient (Wildman–Crippen LogP) is 4.92. The van der Waals surface area contributed by atoms with Crippen molar-refractivity contribution >= 4 is 9.76 Å². The number of rotatable bonds is 9. The summed E-state index contributed by atoms with van der Waals surface area (Å²) >= 11 is 0. The number of ether oxygens (including phenoxy) is 2. The van der Waals surface area contributed by atoms with Gasteiger partial charge in [-0.3, -0.25) is 0 Å². The lowest BCUT2D eigenvalue weighted by Crippen LogP contribution is -2.28. The Bertz CT molecular complexity index is 545. The van der Waals surface area contributed by atoms with Crippen molar-refractivity contribution in [3.8, 4) is 0 Å². The van der Waals surface area contributed by atoms with Crippen LogP contribution >= 0.6 is 0 Å². The highest BCUT2D eigenvalue weighted by Gasteiger charge is 2.36. The molecule has 0 saturated heterocycles. The molecule has 0 aliphatic carbocycles. The molecule has 0 radical (unpaired) electrons. The summed E-state index contributed by atoms with van der Waals surface area (Å²) in [5, 5.41) is 0. The van der Waals surface area contributed by atoms with Crippen LogP contribution in [0.4, 0.5) is 26.3 Å². The highest BCUT2D eigenvalue weighted by Crippen LogP contribution is 2.36. The monoisotopic (exact) mass is 418 g/mol. The van der Waals surface area contributed by atoms with Gasteiger partial charge in [0.25, 0.3) is 6.48 Å². The standard InChI is InChI=1S/C17H24F6O3Si/c1-10(2)24-15(25-11(3)4)26-27-6-5-12-7-13(16(18,19)20)9-14(8-12)17(21,22)23/h7-11,15H,5-6,27H2,1-4H3. The van der Waals surface area contributed by atoms with Crippen LogP contribution in [-0.2, 0) is 32.7 Å². The maximum atomic E-state index is 12.9. The Morgan fingerprint density at radius 3 is 1.63 bits per heavy atom. The lowest BCUT2D eigenvalue weighted by atomic mass is 10.0. The minimum atomic E-state index is -4.84. The maximum Gasteiger partial charge on any atom is 0.416 e. The second-order valence-corrected chi connectivity index (χ2v) is 8.00. The van der Waals surface area contributed by atoms with Crippen molar-refractivity contribution in [1.82, 2.24) is 0 Å². The summed E-state index contributed by atoms with van der Waals surface area (Å²) in [6.45, 7) is 6.29. The quantitative estimate of drug-likeness (QED) is 0.247. The normalized spacial score (nSPS) is 13.7. The molecule has 0 aromatic heterocycles. The first-order valence-electron chi connectivity index (χ1n) is 8.50. The topological polar surface area (TPSA) is 27.7 Å². The van der Waals surface area contributed by atoms with E-state index in [9.17, 15) is 26.3 Å². The number of hydrogen-bond acceptors (Lipinski definition) is 3. The van der Waals surface area contributed by atoms with Crippen LogP contribution in [0.3, 0.4) is 0 Å². The first kappa shape index (κ1) is 23.9. The number of alkyl halides is 6. The third-order valence-electron chi connectivity index (χ3n) is 3.28. The van der Waals surface area contributed by atoms with Gasteiger partial charge in [0.05, 0.1) is 23.3 Å². The van der Waals surface area contributed by atoms with E-state index < -0.39 is 39.7 Å². The Balaban J connectivity index is 2.75. The molecule has 0 heterocycles. The molecule has 1 rings (SSSR count). The molecule has 0 amide bonds. The van der Waals surface area contributed by atoms with E-state index in [0.29, 0.717) is 6.04 Å². The molecule has 0 spiro atoms. The first-order chi connectivity index (χ1) is 12.3. The van der Waals surface area contributed by atoms with Crippen LogP contribution in [0.1, 0.15) is 44.4 Å². The van der Waals surface area contributed by atoms with Gasteiger partial charge in [0.15, 0.2) is 9.76 Å². The van der Waals surface area contributed by atoms with Crippen molar-refractivity contribution in [3.63, 3.8) is 0 Å². The van der Waals surface area contributed by atoms with Crippen LogP contribution in [0.15, 0.2) is 18.2 Å². The van der Waals surface area contributed by atoms with Gasteiger partial charge in [-0.25, -0.2) is 0 Å². The summed E-state index contributed by atoms with van der Waals surface area (Å²) in [4.78, 5) is 0. The van der Waals surface area contributed by atoms with Gasteiger partial charge in [0, 0.05) is 0 Å². The second kappa shape index (κ2) is 9.90. The van der Waals surface area contributed by atoms with Gasteiger partial charge in [-0.15, -0.1) is 0 Å². The van der Waals surface area contributed by atoms with Crippen LogP contribution in [-0.4, -0.2) is 28.4 Å². The maximum absolute atomic E-state index is 12.9. The van der Waals surface area contributed by atoms with Gasteiger partial charge in [-0.1, -0.05) is 0 Å². The molecule has 1 aromatic rings. The number of halogens is 6. The summed E-state index contributed by atoms with van der Waals surface area (Å²) < 4.78 is 93.5. The molecule has 0 aliphatic rings. The van der Waals surface area contributed by atoms with Crippen LogP contribution < -0.4 is 0 Å². The third kappa shape index (κ3) is 9.09. The molecule has 0 bridgehead atoms. The summed E-state index contributed by atoms with van der Waals surface area (Å²) in [7, 11) is -1.27. The minimum absolute atomic E-state index is 0.0284. The number of benzene rings is 1. The van der Waals surface area contributed by atoms with Crippen LogP contribution in [0.2, 0.25) is 6.04 Å². The SMILES string of the molecule is CC(C)OC(O[SiH2]CCc1cc(C(F)(F)F)cc(C(F)(F)F)c1)OC(C)C. The molecular formula is C17H24F6O3Si. The zero-order chi connectivity index (χ0) is 20.8. The molecular weight excluding hydrogens is 394 g/mol. The lowest BCUT2D eigenvalue weighted by molar-refractivity contribution is -0.275. The van der Waals surface area contributed by atoms with Gasteiger partial charge < -0.3 is 13.9 Å². The average Bonchev–Trinajstić information content (AvgIpc) is 2.48. The van der Waals surface area contributed by atoms with Crippen molar-refractivity contribution in [2.75, 3.05) is 0 Å². The number of aryl methyl sites for hydroxylation is 1. The highest BCUT2D eigenvalue weighted by molar-refractivity contribution is 6.27. The molecule has 0 fully saturated rings. The van der Waals surface area contributed by atoms with Crippen LogP contribution in [0, 0.1) is 0 Å². The Morgan fingerprint density at radius 2 is 1.26 bits per heavy atom. The zero-order valence-corrected chi connectivity index (χ0v) is 17.0. The minimum Gasteiger partial charge on any atom is -0.379 e. The second-order valence-electron chi connectivity index (χ2n) is 6.55. The number of hydrogen-bond donors (Lipinski definition) is 0. The fourth-order valence-corrected chi connectivity index (χ4v) is 3.24. The van der Waals surface area contributed by atoms with Gasteiger partial charge in [-0.2, -0.15) is 26.3 Å². The van der Waals surface area contributed by atoms with Crippen molar-refractivity contribution in [3.05, 3.63) is 34.9 Å². The molecule has 27 heavy (non-hydrogen) atoms. The van der Waals surface area contributed by atoms with E-state index in [1.807, 2.05) is 0 Å². The molecule has 0 atom stereocenters. The van der Waals surface area contributed by atoms with Crippen LogP contribution in [0.5, 0.6) is 0 Å². The summed E-state index contributed by atoms with van der Waals surface area (Å²) in [6, 6.07) is 1.96. The zero-order valence-electron chi connectivity index (χ0n) is 15.6. The van der Waals surface area contributed by atoms with Crippen molar-refractivity contribution < 1.29 is 40.2 Å². The van der Waals surface area contributed by atoms with E-state index in [2.05, 4.69) is 0 Å². The van der Waals surface area contributed by atoms with Crippen molar-refractivity contribution in [2.45, 2.75) is 71.2 Å². The summed E-state index contributed by atoms with van der Waals surface area (Å²) in [5.41, 5.74) is -2.64. The highest BCUT2D eigenvalue weighted by atomic mass is 28.2. The van der Waals surface area contributed by atoms with Crippen molar-refractivity contribution in [2.24, 2.45) is 0 Å². The van der Waals surface area contributed by atoms with E-state index in [0.717, 1.165) is 12.1 Å². The molecule has 1 aromatic carbocycles. The first-order valence-corrected chi connectivity index (χ1v) is 10.1. The Labute approximate surface area is 156 Å². The van der Waals surface area contributed by atoms with E-state index >= 15 is 0 Å². The average molecular weight is 418 g/mol. The molecule has 0 saturated carbocycles. The van der Waals surface area contributed by atoms with Crippen LogP contribution in [0.25, 0.3) is 0 Å². The van der Waals surface area contributed by atoms with Gasteiger partial charge >= 0.3 is 12.4 Å². The van der Waals surface area contributed by atoms with Gasteiger partial charge in [0.2, 0.25) is 0 Å². The van der Waals surface area contributed by atoms with Crippen molar-refractivity contribution in [1.29, 1.82) is 0 Å². The summed E-state index contributed by atoms with van der Waals surface area (Å²) in [6.07, 6.45) is -9.94. The lowest BCUT2D eigenvalue weighted by Gasteiger charge is -2.23.